The number of nitrogens with one attached hydrogen (secondary N) is 2. The smallest absolute Gasteiger partial charge is 0.251 e. The average molecular weight is 277 g/mol. The summed E-state index contributed by atoms with van der Waals surface area (Å²) in [6, 6.07) is 3.55. The summed E-state index contributed by atoms with van der Waals surface area (Å²) in [4.78, 5) is 16.3. The van der Waals surface area contributed by atoms with Crippen LogP contribution in [0.5, 0.6) is 0 Å². The molecule has 0 aliphatic carbocycles. The molecule has 2 rings (SSSR count). The Hall–Kier alpha value is -1.62. The number of hydrogen-bond acceptors (Lipinski definition) is 4. The summed E-state index contributed by atoms with van der Waals surface area (Å²) in [6.07, 6.45) is 4.75. The molecule has 0 unspecified atom stereocenters. The van der Waals surface area contributed by atoms with Gasteiger partial charge in [0, 0.05) is 38.1 Å². The van der Waals surface area contributed by atoms with Gasteiger partial charge in [-0.15, -0.1) is 0 Å². The van der Waals surface area contributed by atoms with Crippen molar-refractivity contribution in [2.75, 3.05) is 31.6 Å². The van der Waals surface area contributed by atoms with E-state index in [1.807, 2.05) is 0 Å². The molecule has 0 saturated carbocycles. The van der Waals surface area contributed by atoms with Gasteiger partial charge in [-0.25, -0.2) is 4.98 Å². The van der Waals surface area contributed by atoms with Gasteiger partial charge in [-0.3, -0.25) is 4.79 Å². The highest BCUT2D eigenvalue weighted by Gasteiger charge is 2.15. The van der Waals surface area contributed by atoms with Crippen LogP contribution in [-0.4, -0.2) is 37.2 Å². The zero-order valence-corrected chi connectivity index (χ0v) is 12.0. The maximum atomic E-state index is 12.1. The van der Waals surface area contributed by atoms with Crippen LogP contribution >= 0.6 is 0 Å². The third kappa shape index (κ3) is 4.49. The molecule has 0 atom stereocenters. The number of carbonyl (C=O) groups is 1. The van der Waals surface area contributed by atoms with Gasteiger partial charge in [-0.05, 0) is 37.3 Å². The topological polar surface area (TPSA) is 63.2 Å². The molecule has 1 aromatic heterocycles. The normalized spacial score (nSPS) is 15.8. The van der Waals surface area contributed by atoms with Crippen molar-refractivity contribution in [1.82, 2.24) is 10.3 Å². The second kappa shape index (κ2) is 7.85. The Labute approximate surface area is 120 Å². The summed E-state index contributed by atoms with van der Waals surface area (Å²) in [5.74, 6) is 1.26. The van der Waals surface area contributed by atoms with Crippen LogP contribution in [0.25, 0.3) is 0 Å². The molecule has 0 bridgehead atoms. The Morgan fingerprint density at radius 1 is 1.45 bits per heavy atom. The molecule has 110 valence electrons. The SMILES string of the molecule is CCCNc1cc(C(=O)NCC2CCOCC2)ccn1. The lowest BCUT2D eigenvalue weighted by atomic mass is 10.0. The summed E-state index contributed by atoms with van der Waals surface area (Å²) >= 11 is 0. The average Bonchev–Trinajstić information content (AvgIpc) is 2.52. The lowest BCUT2D eigenvalue weighted by Crippen LogP contribution is -2.32. The Morgan fingerprint density at radius 2 is 2.25 bits per heavy atom. The molecule has 2 heterocycles. The van der Waals surface area contributed by atoms with Gasteiger partial charge in [0.05, 0.1) is 0 Å². The van der Waals surface area contributed by atoms with Gasteiger partial charge in [0.2, 0.25) is 0 Å². The van der Waals surface area contributed by atoms with Crippen molar-refractivity contribution in [2.45, 2.75) is 26.2 Å². The number of pyridine rings is 1. The number of nitrogens with zero attached hydrogens (tertiary/aromatic N) is 1. The molecule has 1 saturated heterocycles. The number of aromatic nitrogens is 1. The van der Waals surface area contributed by atoms with E-state index in [9.17, 15) is 4.79 Å². The van der Waals surface area contributed by atoms with Crippen molar-refractivity contribution >= 4 is 11.7 Å². The van der Waals surface area contributed by atoms with Gasteiger partial charge >= 0.3 is 0 Å². The lowest BCUT2D eigenvalue weighted by Gasteiger charge is -2.22. The van der Waals surface area contributed by atoms with Crippen LogP contribution in [0.1, 0.15) is 36.5 Å². The molecule has 2 N–H and O–H groups in total. The fourth-order valence-corrected chi connectivity index (χ4v) is 2.21. The van der Waals surface area contributed by atoms with Crippen LogP contribution in [0.4, 0.5) is 5.82 Å². The first-order chi connectivity index (χ1) is 9.79. The first-order valence-electron chi connectivity index (χ1n) is 7.35. The molecule has 5 nitrogen and oxygen atoms in total. The summed E-state index contributed by atoms with van der Waals surface area (Å²) in [6.45, 7) is 5.29. The number of hydrogen-bond donors (Lipinski definition) is 2. The molecular formula is C15H23N3O2. The summed E-state index contributed by atoms with van der Waals surface area (Å²) in [7, 11) is 0. The Morgan fingerprint density at radius 3 is 3.00 bits per heavy atom. The second-order valence-corrected chi connectivity index (χ2v) is 5.12. The van der Waals surface area contributed by atoms with Crippen molar-refractivity contribution in [3.05, 3.63) is 23.9 Å². The predicted octanol–water partition coefficient (Wildman–Crippen LogP) is 2.06. The van der Waals surface area contributed by atoms with E-state index < -0.39 is 0 Å². The molecule has 1 amide bonds. The minimum atomic E-state index is -0.0292. The van der Waals surface area contributed by atoms with Gasteiger partial charge in [0.1, 0.15) is 5.82 Å². The van der Waals surface area contributed by atoms with E-state index >= 15 is 0 Å². The van der Waals surface area contributed by atoms with Gasteiger partial charge in [0.25, 0.3) is 5.91 Å². The molecule has 0 radical (unpaired) electrons. The largest absolute Gasteiger partial charge is 0.381 e. The van der Waals surface area contributed by atoms with Crippen molar-refractivity contribution in [3.63, 3.8) is 0 Å². The fraction of sp³-hybridized carbons (Fsp3) is 0.600. The highest BCUT2D eigenvalue weighted by Crippen LogP contribution is 2.14. The lowest BCUT2D eigenvalue weighted by molar-refractivity contribution is 0.0642. The standard InChI is InChI=1S/C15H23N3O2/c1-2-6-16-14-10-13(3-7-17-14)15(19)18-11-12-4-8-20-9-5-12/h3,7,10,12H,2,4-6,8-9,11H2,1H3,(H,16,17)(H,18,19). The Kier molecular flexibility index (Phi) is 5.80. The molecule has 20 heavy (non-hydrogen) atoms. The predicted molar refractivity (Wildman–Crippen MR) is 78.9 cm³/mol. The van der Waals surface area contributed by atoms with E-state index in [0.29, 0.717) is 11.5 Å². The van der Waals surface area contributed by atoms with Crippen LogP contribution in [0.15, 0.2) is 18.3 Å². The van der Waals surface area contributed by atoms with Crippen molar-refractivity contribution in [1.29, 1.82) is 0 Å². The molecule has 0 aromatic carbocycles. The number of anilines is 1. The molecule has 0 spiro atoms. The van der Waals surface area contributed by atoms with Gasteiger partial charge in [-0.2, -0.15) is 0 Å². The third-order valence-electron chi connectivity index (χ3n) is 3.47. The van der Waals surface area contributed by atoms with Crippen LogP contribution < -0.4 is 10.6 Å². The van der Waals surface area contributed by atoms with Crippen LogP contribution in [0.2, 0.25) is 0 Å². The van der Waals surface area contributed by atoms with Crippen molar-refractivity contribution < 1.29 is 9.53 Å². The zero-order chi connectivity index (χ0) is 14.2. The highest BCUT2D eigenvalue weighted by molar-refractivity contribution is 5.94. The van der Waals surface area contributed by atoms with Crippen LogP contribution in [0.3, 0.4) is 0 Å². The van der Waals surface area contributed by atoms with E-state index in [-0.39, 0.29) is 5.91 Å². The van der Waals surface area contributed by atoms with Crippen molar-refractivity contribution in [3.8, 4) is 0 Å². The number of ether oxygens (including phenoxy) is 1. The van der Waals surface area contributed by atoms with E-state index in [0.717, 1.165) is 51.4 Å². The zero-order valence-electron chi connectivity index (χ0n) is 12.0. The summed E-state index contributed by atoms with van der Waals surface area (Å²) in [5.41, 5.74) is 0.658. The maximum Gasteiger partial charge on any atom is 0.251 e. The summed E-state index contributed by atoms with van der Waals surface area (Å²) < 4.78 is 5.32. The molecule has 5 heteroatoms. The number of rotatable bonds is 6. The van der Waals surface area contributed by atoms with E-state index in [1.54, 1.807) is 18.3 Å². The maximum absolute atomic E-state index is 12.1. The van der Waals surface area contributed by atoms with Crippen LogP contribution in [0, 0.1) is 5.92 Å². The van der Waals surface area contributed by atoms with Gasteiger partial charge < -0.3 is 15.4 Å². The first kappa shape index (κ1) is 14.8. The Balaban J connectivity index is 1.84. The van der Waals surface area contributed by atoms with E-state index in [4.69, 9.17) is 4.74 Å². The first-order valence-corrected chi connectivity index (χ1v) is 7.35. The van der Waals surface area contributed by atoms with E-state index in [2.05, 4.69) is 22.5 Å². The highest BCUT2D eigenvalue weighted by atomic mass is 16.5. The monoisotopic (exact) mass is 277 g/mol. The minimum absolute atomic E-state index is 0.0292. The fourth-order valence-electron chi connectivity index (χ4n) is 2.21. The third-order valence-corrected chi connectivity index (χ3v) is 3.47. The van der Waals surface area contributed by atoms with Gasteiger partial charge in [0.15, 0.2) is 0 Å². The quantitative estimate of drug-likeness (QED) is 0.835. The molecular weight excluding hydrogens is 254 g/mol. The number of amides is 1. The minimum Gasteiger partial charge on any atom is -0.381 e. The molecule has 1 aliphatic heterocycles. The van der Waals surface area contributed by atoms with E-state index in [1.165, 1.54) is 0 Å². The van der Waals surface area contributed by atoms with Crippen molar-refractivity contribution in [2.24, 2.45) is 5.92 Å². The summed E-state index contributed by atoms with van der Waals surface area (Å²) in [5, 5.41) is 6.19. The Bertz CT molecular complexity index is 431. The number of carbonyl (C=O) groups excluding carboxylic acids is 1. The molecule has 1 fully saturated rings. The second-order valence-electron chi connectivity index (χ2n) is 5.12. The molecule has 1 aliphatic rings. The molecule has 1 aromatic rings. The van der Waals surface area contributed by atoms with Crippen LogP contribution in [-0.2, 0) is 4.74 Å². The van der Waals surface area contributed by atoms with Gasteiger partial charge in [-0.1, -0.05) is 6.92 Å².